The van der Waals surface area contributed by atoms with Crippen LogP contribution >= 0.6 is 0 Å². The van der Waals surface area contributed by atoms with Gasteiger partial charge in [0.25, 0.3) is 0 Å². The predicted octanol–water partition coefficient (Wildman–Crippen LogP) is 4.90. The molecule has 0 aromatic heterocycles. The van der Waals surface area contributed by atoms with Gasteiger partial charge < -0.3 is 19.5 Å². The van der Waals surface area contributed by atoms with Gasteiger partial charge in [-0.3, -0.25) is 4.90 Å². The predicted molar refractivity (Wildman–Crippen MR) is 144 cm³/mol. The molecule has 2 aliphatic carbocycles. The van der Waals surface area contributed by atoms with Crippen LogP contribution in [0.15, 0.2) is 72.8 Å². The number of piperidine rings is 1. The standard InChI is InChI=1S/C32H36N2O3/c1-33-18-17-31-28-24-13-14-26(35)29(28)37-30(31)25(15-16-32(31,36-2)27(33)19-24)34(20-22-9-5-3-6-10-22)21-23-11-7-4-8-12-23/h3-14,25,27,30,35H,15-21H2,1-2H3/t25-,27-,30+,31+,32-/m1/s1. The topological polar surface area (TPSA) is 45.2 Å². The minimum absolute atomic E-state index is 0.0767. The molecule has 5 nitrogen and oxygen atoms in total. The van der Waals surface area contributed by atoms with Crippen molar-refractivity contribution in [2.45, 2.75) is 68.0 Å². The van der Waals surface area contributed by atoms with E-state index in [1.807, 2.05) is 13.2 Å². The van der Waals surface area contributed by atoms with Crippen LogP contribution in [0.4, 0.5) is 0 Å². The lowest BCUT2D eigenvalue weighted by Gasteiger charge is -2.66. The van der Waals surface area contributed by atoms with Crippen molar-refractivity contribution in [2.75, 3.05) is 20.7 Å². The first kappa shape index (κ1) is 23.3. The highest BCUT2D eigenvalue weighted by Crippen LogP contribution is 2.66. The van der Waals surface area contributed by atoms with Gasteiger partial charge in [-0.1, -0.05) is 66.7 Å². The van der Waals surface area contributed by atoms with Crippen LogP contribution in [0, 0.1) is 0 Å². The first-order chi connectivity index (χ1) is 18.1. The number of likely N-dealkylation sites (tertiary alicyclic amines) is 1. The van der Waals surface area contributed by atoms with Crippen molar-refractivity contribution in [3.8, 4) is 11.5 Å². The number of aromatic hydroxyl groups is 1. The maximum absolute atomic E-state index is 11.0. The molecule has 4 aliphatic rings. The second kappa shape index (κ2) is 8.59. The average Bonchev–Trinajstić information content (AvgIpc) is 3.28. The van der Waals surface area contributed by atoms with Gasteiger partial charge in [-0.05, 0) is 62.0 Å². The normalized spacial score (nSPS) is 31.7. The summed E-state index contributed by atoms with van der Waals surface area (Å²) in [6.07, 6.45) is 3.81. The van der Waals surface area contributed by atoms with Gasteiger partial charge in [0.2, 0.25) is 0 Å². The van der Waals surface area contributed by atoms with E-state index in [-0.39, 0.29) is 28.9 Å². The molecule has 2 aliphatic heterocycles. The first-order valence-electron chi connectivity index (χ1n) is 13.7. The van der Waals surface area contributed by atoms with Crippen LogP contribution in [0.1, 0.15) is 41.5 Å². The Morgan fingerprint density at radius 3 is 2.30 bits per heavy atom. The largest absolute Gasteiger partial charge is 0.504 e. The number of likely N-dealkylation sites (N-methyl/N-ethyl adjacent to an activating group) is 1. The Hall–Kier alpha value is -2.86. The lowest BCUT2D eigenvalue weighted by Crippen LogP contribution is -2.78. The molecule has 2 heterocycles. The van der Waals surface area contributed by atoms with Crippen LogP contribution in [0.25, 0.3) is 0 Å². The summed E-state index contributed by atoms with van der Waals surface area (Å²) in [6.45, 7) is 2.72. The first-order valence-corrected chi connectivity index (χ1v) is 13.7. The minimum atomic E-state index is -0.321. The van der Waals surface area contributed by atoms with Gasteiger partial charge >= 0.3 is 0 Å². The van der Waals surface area contributed by atoms with Gasteiger partial charge in [0.05, 0.1) is 11.0 Å². The Kier molecular flexibility index (Phi) is 5.40. The van der Waals surface area contributed by atoms with E-state index in [0.717, 1.165) is 45.3 Å². The highest BCUT2D eigenvalue weighted by molar-refractivity contribution is 5.62. The fourth-order valence-corrected chi connectivity index (χ4v) is 8.41. The number of phenolic OH excluding ortho intramolecular Hbond substituents is 1. The molecule has 1 spiro atoms. The molecule has 1 N–H and O–H groups in total. The van der Waals surface area contributed by atoms with Gasteiger partial charge in [-0.2, -0.15) is 0 Å². The second-order valence-electron chi connectivity index (χ2n) is 11.5. The van der Waals surface area contributed by atoms with Crippen LogP contribution < -0.4 is 4.74 Å². The molecular weight excluding hydrogens is 460 g/mol. The van der Waals surface area contributed by atoms with Crippen molar-refractivity contribution in [1.29, 1.82) is 0 Å². The Balaban J connectivity index is 1.36. The zero-order valence-electron chi connectivity index (χ0n) is 21.8. The van der Waals surface area contributed by atoms with E-state index >= 15 is 0 Å². The van der Waals surface area contributed by atoms with E-state index in [2.05, 4.69) is 83.6 Å². The minimum Gasteiger partial charge on any atom is -0.504 e. The quantitative estimate of drug-likeness (QED) is 0.526. The monoisotopic (exact) mass is 496 g/mol. The van der Waals surface area contributed by atoms with E-state index in [1.165, 1.54) is 22.3 Å². The van der Waals surface area contributed by atoms with Crippen LogP contribution in [-0.4, -0.2) is 59.4 Å². The molecule has 7 rings (SSSR count). The number of methoxy groups -OCH3 is 1. The highest BCUT2D eigenvalue weighted by atomic mass is 16.5. The van der Waals surface area contributed by atoms with Crippen LogP contribution in [0.2, 0.25) is 0 Å². The molecule has 37 heavy (non-hydrogen) atoms. The molecule has 0 radical (unpaired) electrons. The van der Waals surface area contributed by atoms with Gasteiger partial charge in [0, 0.05) is 37.8 Å². The molecular formula is C32H36N2O3. The lowest BCUT2D eigenvalue weighted by atomic mass is 9.48. The SMILES string of the molecule is CO[C@@]12CC[C@@H](N(Cc3ccccc3)Cc3ccccc3)[C@@H]3Oc4c(O)ccc5c4[C@@]31CCN(C)[C@@H]2C5. The number of nitrogens with zero attached hydrogens (tertiary/aromatic N) is 2. The summed E-state index contributed by atoms with van der Waals surface area (Å²) < 4.78 is 13.6. The Labute approximate surface area is 219 Å². The zero-order chi connectivity index (χ0) is 25.2. The fourth-order valence-electron chi connectivity index (χ4n) is 8.41. The molecule has 1 saturated carbocycles. The van der Waals surface area contributed by atoms with Crippen LogP contribution in [-0.2, 0) is 29.7 Å². The summed E-state index contributed by atoms with van der Waals surface area (Å²) in [7, 11) is 4.15. The maximum Gasteiger partial charge on any atom is 0.165 e. The maximum atomic E-state index is 11.0. The highest BCUT2D eigenvalue weighted by Gasteiger charge is 2.73. The number of rotatable bonds is 6. The molecule has 0 amide bonds. The van der Waals surface area contributed by atoms with Crippen molar-refractivity contribution >= 4 is 0 Å². The molecule has 5 atom stereocenters. The molecule has 1 saturated heterocycles. The molecule has 192 valence electrons. The number of phenols is 1. The van der Waals surface area contributed by atoms with Crippen LogP contribution in [0.3, 0.4) is 0 Å². The molecule has 3 aromatic carbocycles. The summed E-state index contributed by atoms with van der Waals surface area (Å²) in [4.78, 5) is 5.12. The number of hydrogen-bond acceptors (Lipinski definition) is 5. The number of benzene rings is 3. The van der Waals surface area contributed by atoms with E-state index in [1.54, 1.807) is 0 Å². The van der Waals surface area contributed by atoms with Crippen molar-refractivity contribution < 1.29 is 14.6 Å². The summed E-state index contributed by atoms with van der Waals surface area (Å²) in [5.74, 6) is 0.972. The number of ether oxygens (including phenoxy) is 2. The zero-order valence-corrected chi connectivity index (χ0v) is 21.8. The van der Waals surface area contributed by atoms with Crippen molar-refractivity contribution in [3.05, 3.63) is 95.1 Å². The third kappa shape index (κ3) is 3.20. The van der Waals surface area contributed by atoms with Gasteiger partial charge in [0.1, 0.15) is 6.10 Å². The average molecular weight is 497 g/mol. The van der Waals surface area contributed by atoms with E-state index in [0.29, 0.717) is 11.8 Å². The molecule has 2 bridgehead atoms. The van der Waals surface area contributed by atoms with Crippen LogP contribution in [0.5, 0.6) is 11.5 Å². The van der Waals surface area contributed by atoms with Gasteiger partial charge in [-0.15, -0.1) is 0 Å². The third-order valence-electron chi connectivity index (χ3n) is 9.95. The molecule has 2 fully saturated rings. The summed E-state index contributed by atoms with van der Waals surface area (Å²) >= 11 is 0. The van der Waals surface area contributed by atoms with Crippen molar-refractivity contribution in [2.24, 2.45) is 0 Å². The van der Waals surface area contributed by atoms with E-state index in [9.17, 15) is 5.11 Å². The smallest absolute Gasteiger partial charge is 0.165 e. The second-order valence-corrected chi connectivity index (χ2v) is 11.5. The Morgan fingerprint density at radius 2 is 1.65 bits per heavy atom. The fraction of sp³-hybridized carbons (Fsp3) is 0.438. The third-order valence-corrected chi connectivity index (χ3v) is 9.95. The van der Waals surface area contributed by atoms with Crippen molar-refractivity contribution in [1.82, 2.24) is 9.80 Å². The summed E-state index contributed by atoms with van der Waals surface area (Å²) in [6, 6.07) is 26.0. The molecule has 5 heteroatoms. The summed E-state index contributed by atoms with van der Waals surface area (Å²) in [5.41, 5.74) is 4.57. The molecule has 3 aromatic rings. The van der Waals surface area contributed by atoms with Crippen molar-refractivity contribution in [3.63, 3.8) is 0 Å². The molecule has 0 unspecified atom stereocenters. The van der Waals surface area contributed by atoms with Gasteiger partial charge in [-0.25, -0.2) is 0 Å². The Bertz CT molecular complexity index is 1260. The summed E-state index contributed by atoms with van der Waals surface area (Å²) in [5, 5.41) is 11.0. The lowest BCUT2D eigenvalue weighted by molar-refractivity contribution is -0.212. The Morgan fingerprint density at radius 1 is 0.973 bits per heavy atom. The number of hydrogen-bond donors (Lipinski definition) is 1. The van der Waals surface area contributed by atoms with E-state index < -0.39 is 0 Å². The van der Waals surface area contributed by atoms with E-state index in [4.69, 9.17) is 9.47 Å². The van der Waals surface area contributed by atoms with Gasteiger partial charge in [0.15, 0.2) is 11.5 Å².